The summed E-state index contributed by atoms with van der Waals surface area (Å²) in [6.07, 6.45) is 8.12. The lowest BCUT2D eigenvalue weighted by Gasteiger charge is -2.17. The van der Waals surface area contributed by atoms with E-state index in [1.807, 2.05) is 26.0 Å². The average Bonchev–Trinajstić information content (AvgIpc) is 3.70. The number of ether oxygens (including phenoxy) is 1. The van der Waals surface area contributed by atoms with Crippen LogP contribution in [-0.4, -0.2) is 47.0 Å². The van der Waals surface area contributed by atoms with Crippen LogP contribution < -0.4 is 5.32 Å². The standard InChI is InChI=1S/C33H36N4O4/c1-7-19-15(2)24-12-28-22(14-38)17(4)23(35-28)11-25-16(3)20(8-9-30(40)41-6)32(36-25)21-10-29(39)31-18(5)26(37-33(21)31)13-27(19)34-24/h11-13,16,20,36,38-39H,7-10,14H2,1-6H3/t16-,20-/m1/s1. The van der Waals surface area contributed by atoms with Gasteiger partial charge in [-0.2, -0.15) is 0 Å². The largest absolute Gasteiger partial charge is 0.511 e. The normalized spacial score (nSPS) is 25.0. The molecule has 8 heteroatoms. The van der Waals surface area contributed by atoms with Crippen LogP contribution >= 0.6 is 0 Å². The van der Waals surface area contributed by atoms with Crippen molar-refractivity contribution < 1.29 is 19.7 Å². The summed E-state index contributed by atoms with van der Waals surface area (Å²) in [6.45, 7) is 10.2. The number of hydrogen-bond donors (Lipinski definition) is 3. The molecule has 0 aromatic heterocycles. The van der Waals surface area contributed by atoms with E-state index in [2.05, 4.69) is 32.2 Å². The molecule has 1 aliphatic carbocycles. The summed E-state index contributed by atoms with van der Waals surface area (Å²) in [5, 5.41) is 25.1. The Morgan fingerprint density at radius 2 is 1.71 bits per heavy atom. The molecule has 0 amide bonds. The summed E-state index contributed by atoms with van der Waals surface area (Å²) in [5.74, 6) is 0.123. The molecule has 3 N–H and O–H groups in total. The Bertz CT molecular complexity index is 1650. The molecule has 8 nitrogen and oxygen atoms in total. The Morgan fingerprint density at radius 3 is 2.39 bits per heavy atom. The van der Waals surface area contributed by atoms with E-state index in [1.165, 1.54) is 7.11 Å². The quantitative estimate of drug-likeness (QED) is 0.384. The smallest absolute Gasteiger partial charge is 0.305 e. The van der Waals surface area contributed by atoms with Crippen molar-refractivity contribution in [1.82, 2.24) is 5.32 Å². The fourth-order valence-corrected chi connectivity index (χ4v) is 6.73. The van der Waals surface area contributed by atoms with Crippen molar-refractivity contribution in [3.8, 4) is 0 Å². The first-order valence-electron chi connectivity index (χ1n) is 14.3. The number of aliphatic imine (C=N–C) groups is 3. The molecule has 0 aromatic rings. The molecule has 6 aliphatic rings. The third kappa shape index (κ3) is 4.23. The van der Waals surface area contributed by atoms with Crippen molar-refractivity contribution in [3.05, 3.63) is 91.5 Å². The topological polar surface area (TPSA) is 116 Å². The monoisotopic (exact) mass is 552 g/mol. The predicted octanol–water partition coefficient (Wildman–Crippen LogP) is 5.60. The highest BCUT2D eigenvalue weighted by Crippen LogP contribution is 2.46. The molecule has 212 valence electrons. The second kappa shape index (κ2) is 10.1. The molecular formula is C33H36N4O4. The molecule has 2 atom stereocenters. The number of esters is 1. The van der Waals surface area contributed by atoms with Crippen LogP contribution in [0, 0.1) is 11.8 Å². The molecule has 1 saturated heterocycles. The van der Waals surface area contributed by atoms with Gasteiger partial charge < -0.3 is 20.3 Å². The maximum Gasteiger partial charge on any atom is 0.305 e. The van der Waals surface area contributed by atoms with E-state index in [0.29, 0.717) is 18.6 Å². The maximum absolute atomic E-state index is 12.2. The van der Waals surface area contributed by atoms with Crippen molar-refractivity contribution in [2.45, 2.75) is 60.3 Å². The Morgan fingerprint density at radius 1 is 1.02 bits per heavy atom. The van der Waals surface area contributed by atoms with Crippen LogP contribution in [0.5, 0.6) is 0 Å². The van der Waals surface area contributed by atoms with Gasteiger partial charge in [-0.1, -0.05) is 13.8 Å². The zero-order chi connectivity index (χ0) is 29.2. The first-order chi connectivity index (χ1) is 19.7. The van der Waals surface area contributed by atoms with E-state index in [1.54, 1.807) is 0 Å². The second-order valence-corrected chi connectivity index (χ2v) is 11.4. The van der Waals surface area contributed by atoms with Crippen LogP contribution in [0.4, 0.5) is 0 Å². The summed E-state index contributed by atoms with van der Waals surface area (Å²) < 4.78 is 4.95. The van der Waals surface area contributed by atoms with Gasteiger partial charge in [-0.25, -0.2) is 15.0 Å². The lowest BCUT2D eigenvalue weighted by molar-refractivity contribution is -0.140. The Hall–Kier alpha value is -4.04. The van der Waals surface area contributed by atoms with Gasteiger partial charge in [0.05, 0.1) is 47.9 Å². The van der Waals surface area contributed by atoms with Crippen LogP contribution in [0.15, 0.2) is 106 Å². The lowest BCUT2D eigenvalue weighted by Crippen LogP contribution is -2.16. The van der Waals surface area contributed by atoms with Gasteiger partial charge in [0.2, 0.25) is 0 Å². The molecule has 8 bridgehead atoms. The summed E-state index contributed by atoms with van der Waals surface area (Å²) in [4.78, 5) is 27.2. The van der Waals surface area contributed by atoms with E-state index in [0.717, 1.165) is 91.1 Å². The minimum atomic E-state index is -0.247. The number of rotatable bonds is 5. The van der Waals surface area contributed by atoms with Crippen molar-refractivity contribution in [2.24, 2.45) is 26.8 Å². The number of carbonyl (C=O) groups is 1. The number of aliphatic hydroxyl groups excluding tert-OH is 2. The predicted molar refractivity (Wildman–Crippen MR) is 160 cm³/mol. The van der Waals surface area contributed by atoms with Crippen LogP contribution in [0.25, 0.3) is 0 Å². The molecular weight excluding hydrogens is 516 g/mol. The van der Waals surface area contributed by atoms with Crippen LogP contribution in [-0.2, 0) is 9.53 Å². The highest BCUT2D eigenvalue weighted by molar-refractivity contribution is 6.21. The number of hydrogen-bond acceptors (Lipinski definition) is 8. The first kappa shape index (κ1) is 27.1. The highest BCUT2D eigenvalue weighted by atomic mass is 16.5. The third-order valence-electron chi connectivity index (χ3n) is 9.23. The molecule has 0 radical (unpaired) electrons. The van der Waals surface area contributed by atoms with Gasteiger partial charge in [0.25, 0.3) is 0 Å². The summed E-state index contributed by atoms with van der Waals surface area (Å²) in [5.41, 5.74) is 13.4. The van der Waals surface area contributed by atoms with Crippen LogP contribution in [0.2, 0.25) is 0 Å². The molecule has 0 spiro atoms. The van der Waals surface area contributed by atoms with Gasteiger partial charge in [-0.3, -0.25) is 4.79 Å². The first-order valence-corrected chi connectivity index (χ1v) is 14.3. The molecule has 0 unspecified atom stereocenters. The van der Waals surface area contributed by atoms with Gasteiger partial charge in [0.15, 0.2) is 0 Å². The molecule has 41 heavy (non-hydrogen) atoms. The third-order valence-corrected chi connectivity index (χ3v) is 9.23. The van der Waals surface area contributed by atoms with Gasteiger partial charge in [-0.05, 0) is 74.1 Å². The molecule has 6 rings (SSSR count). The molecule has 0 aromatic carbocycles. The van der Waals surface area contributed by atoms with Crippen molar-refractivity contribution in [2.75, 3.05) is 13.7 Å². The summed E-state index contributed by atoms with van der Waals surface area (Å²) >= 11 is 0. The Labute approximate surface area is 240 Å². The van der Waals surface area contributed by atoms with E-state index >= 15 is 0 Å². The van der Waals surface area contributed by atoms with E-state index < -0.39 is 0 Å². The average molecular weight is 553 g/mol. The molecule has 5 heterocycles. The number of aliphatic hydroxyl groups is 2. The summed E-state index contributed by atoms with van der Waals surface area (Å²) in [6, 6.07) is 0. The SMILES string of the molecule is CCC1=C(C)C2=NC1=CC1=C(C)C3=C(O)CC(=C4NC(=CC5=NC(=C2)C(CO)=C5C)[C@H](C)[C@H]4CCC(=O)OC)C3=N1. The number of nitrogens with one attached hydrogen (secondary N) is 1. The number of fused-ring (bicyclic) bond motifs is 5. The molecule has 1 fully saturated rings. The van der Waals surface area contributed by atoms with Gasteiger partial charge in [0.1, 0.15) is 5.76 Å². The van der Waals surface area contributed by atoms with E-state index in [4.69, 9.17) is 19.7 Å². The molecule has 0 saturated carbocycles. The van der Waals surface area contributed by atoms with Gasteiger partial charge in [0, 0.05) is 52.8 Å². The number of carbonyl (C=O) groups excluding carboxylic acids is 1. The van der Waals surface area contributed by atoms with E-state index in [-0.39, 0.29) is 30.8 Å². The molecule has 5 aliphatic heterocycles. The maximum atomic E-state index is 12.2. The Kier molecular flexibility index (Phi) is 6.69. The fourth-order valence-electron chi connectivity index (χ4n) is 6.73. The highest BCUT2D eigenvalue weighted by Gasteiger charge is 2.41. The van der Waals surface area contributed by atoms with Crippen molar-refractivity contribution >= 4 is 23.1 Å². The van der Waals surface area contributed by atoms with Gasteiger partial charge in [-0.15, -0.1) is 0 Å². The fraction of sp³-hybridized carbons (Fsp3) is 0.394. The van der Waals surface area contributed by atoms with Crippen molar-refractivity contribution in [1.29, 1.82) is 0 Å². The minimum absolute atomic E-state index is 0.000975. The zero-order valence-electron chi connectivity index (χ0n) is 24.5. The van der Waals surface area contributed by atoms with Crippen LogP contribution in [0.3, 0.4) is 0 Å². The van der Waals surface area contributed by atoms with E-state index in [9.17, 15) is 15.0 Å². The van der Waals surface area contributed by atoms with Crippen molar-refractivity contribution in [3.63, 3.8) is 0 Å². The number of allylic oxidation sites excluding steroid dienone is 11. The lowest BCUT2D eigenvalue weighted by atomic mass is 9.86. The van der Waals surface area contributed by atoms with Crippen LogP contribution in [0.1, 0.15) is 60.3 Å². The second-order valence-electron chi connectivity index (χ2n) is 11.4. The number of nitrogens with zero attached hydrogens (tertiary/aromatic N) is 3. The Balaban J connectivity index is 1.59. The zero-order valence-corrected chi connectivity index (χ0v) is 24.5. The summed E-state index contributed by atoms with van der Waals surface area (Å²) in [7, 11) is 1.41. The minimum Gasteiger partial charge on any atom is -0.511 e. The van der Waals surface area contributed by atoms with Gasteiger partial charge >= 0.3 is 5.97 Å². The number of methoxy groups -OCH3 is 1.